The second kappa shape index (κ2) is 2.53. The van der Waals surface area contributed by atoms with Crippen LogP contribution in [0.15, 0.2) is 16.3 Å². The van der Waals surface area contributed by atoms with Crippen LogP contribution in [0, 0.1) is 6.92 Å². The Balaban J connectivity index is 3.32. The number of aryl methyl sites for hydroxylation is 1. The molecule has 0 aliphatic carbocycles. The van der Waals surface area contributed by atoms with Crippen LogP contribution in [-0.4, -0.2) is 8.42 Å². The average molecular weight is 197 g/mol. The van der Waals surface area contributed by atoms with Gasteiger partial charge in [0, 0.05) is 15.6 Å². The highest BCUT2D eigenvalue weighted by molar-refractivity contribution is 8.13. The maximum Gasteiger partial charge on any atom is 0.262 e. The lowest BCUT2D eigenvalue weighted by Gasteiger charge is -1.89. The summed E-state index contributed by atoms with van der Waals surface area (Å²) < 4.78 is 21.4. The lowest BCUT2D eigenvalue weighted by Crippen LogP contribution is -1.88. The third-order valence-electron chi connectivity index (χ3n) is 1.07. The Morgan fingerprint density at radius 3 is 2.40 bits per heavy atom. The van der Waals surface area contributed by atoms with E-state index in [1.165, 1.54) is 17.4 Å². The van der Waals surface area contributed by atoms with Crippen molar-refractivity contribution in [3.05, 3.63) is 16.3 Å². The van der Waals surface area contributed by atoms with Crippen molar-refractivity contribution < 1.29 is 8.42 Å². The van der Waals surface area contributed by atoms with Crippen LogP contribution < -0.4 is 0 Å². The van der Waals surface area contributed by atoms with Crippen LogP contribution in [0.1, 0.15) is 4.88 Å². The minimum absolute atomic E-state index is 0.221. The van der Waals surface area contributed by atoms with Crippen molar-refractivity contribution in [3.63, 3.8) is 0 Å². The van der Waals surface area contributed by atoms with Crippen molar-refractivity contribution in [1.29, 1.82) is 0 Å². The first-order valence-corrected chi connectivity index (χ1v) is 5.69. The molecule has 0 atom stereocenters. The van der Waals surface area contributed by atoms with Gasteiger partial charge in [-0.05, 0) is 18.4 Å². The molecule has 0 amide bonds. The quantitative estimate of drug-likeness (QED) is 0.644. The van der Waals surface area contributed by atoms with E-state index in [1.807, 2.05) is 0 Å². The van der Waals surface area contributed by atoms with Crippen LogP contribution in [-0.2, 0) is 9.05 Å². The zero-order chi connectivity index (χ0) is 7.78. The monoisotopic (exact) mass is 196 g/mol. The van der Waals surface area contributed by atoms with Gasteiger partial charge >= 0.3 is 0 Å². The van der Waals surface area contributed by atoms with Crippen LogP contribution in [0.2, 0.25) is 0 Å². The van der Waals surface area contributed by atoms with E-state index in [0.717, 1.165) is 4.88 Å². The second-order valence-electron chi connectivity index (χ2n) is 1.78. The van der Waals surface area contributed by atoms with E-state index in [9.17, 15) is 8.42 Å². The topological polar surface area (TPSA) is 34.1 Å². The first-order valence-electron chi connectivity index (χ1n) is 2.50. The van der Waals surface area contributed by atoms with Gasteiger partial charge in [-0.25, -0.2) is 8.42 Å². The Morgan fingerprint density at radius 1 is 1.60 bits per heavy atom. The highest BCUT2D eigenvalue weighted by atomic mass is 35.7. The van der Waals surface area contributed by atoms with Gasteiger partial charge in [0.15, 0.2) is 0 Å². The van der Waals surface area contributed by atoms with Crippen molar-refractivity contribution in [2.75, 3.05) is 0 Å². The summed E-state index contributed by atoms with van der Waals surface area (Å²) in [5.41, 5.74) is 0. The maximum atomic E-state index is 10.7. The molecule has 0 spiro atoms. The summed E-state index contributed by atoms with van der Waals surface area (Å²) in [4.78, 5) is 0.953. The summed E-state index contributed by atoms with van der Waals surface area (Å²) in [5.74, 6) is 0. The maximum absolute atomic E-state index is 10.7. The summed E-state index contributed by atoms with van der Waals surface area (Å²) in [5, 5.41) is 1.70. The van der Waals surface area contributed by atoms with Gasteiger partial charge in [-0.3, -0.25) is 0 Å². The highest BCUT2D eigenvalue weighted by Crippen LogP contribution is 2.23. The van der Waals surface area contributed by atoms with Gasteiger partial charge in [0.2, 0.25) is 0 Å². The van der Waals surface area contributed by atoms with Crippen LogP contribution in [0.3, 0.4) is 0 Å². The molecule has 10 heavy (non-hydrogen) atoms. The molecule has 0 saturated heterocycles. The Hall–Kier alpha value is -0.0600. The molecule has 1 aromatic heterocycles. The standard InChI is InChI=1S/C5H5ClO2S2/c1-4-5(2-3-9-4)10(6,7)8/h2-3H,1H3. The zero-order valence-corrected chi connectivity index (χ0v) is 7.55. The average Bonchev–Trinajstić information content (AvgIpc) is 2.11. The smallest absolute Gasteiger partial charge is 0.207 e. The van der Waals surface area contributed by atoms with Crippen molar-refractivity contribution in [1.82, 2.24) is 0 Å². The van der Waals surface area contributed by atoms with Gasteiger partial charge in [0.1, 0.15) is 0 Å². The lowest BCUT2D eigenvalue weighted by atomic mass is 10.5. The predicted molar refractivity (Wildman–Crippen MR) is 42.1 cm³/mol. The van der Waals surface area contributed by atoms with Crippen LogP contribution >= 0.6 is 22.0 Å². The van der Waals surface area contributed by atoms with Crippen molar-refractivity contribution in [3.8, 4) is 0 Å². The molecule has 0 aliphatic rings. The fourth-order valence-corrected chi connectivity index (χ4v) is 2.99. The van der Waals surface area contributed by atoms with E-state index in [4.69, 9.17) is 10.7 Å². The third-order valence-corrected chi connectivity index (χ3v) is 3.52. The SMILES string of the molecule is Cc1sccc1S(=O)(=O)Cl. The van der Waals surface area contributed by atoms with Gasteiger partial charge in [-0.2, -0.15) is 0 Å². The van der Waals surface area contributed by atoms with Gasteiger partial charge in [0.25, 0.3) is 9.05 Å². The first-order chi connectivity index (χ1) is 4.52. The largest absolute Gasteiger partial charge is 0.262 e. The number of halogens is 1. The minimum atomic E-state index is -3.51. The second-order valence-corrected chi connectivity index (χ2v) is 5.43. The molecule has 0 N–H and O–H groups in total. The zero-order valence-electron chi connectivity index (χ0n) is 5.17. The normalized spacial score (nSPS) is 11.8. The van der Waals surface area contributed by atoms with Gasteiger partial charge in [-0.15, -0.1) is 11.3 Å². The molecular formula is C5H5ClO2S2. The molecule has 1 aromatic rings. The summed E-state index contributed by atoms with van der Waals surface area (Å²) in [7, 11) is 1.58. The van der Waals surface area contributed by atoms with Crippen LogP contribution in [0.25, 0.3) is 0 Å². The van der Waals surface area contributed by atoms with E-state index in [0.29, 0.717) is 0 Å². The number of hydrogen-bond acceptors (Lipinski definition) is 3. The molecule has 0 aliphatic heterocycles. The Labute approximate surface area is 67.9 Å². The number of hydrogen-bond donors (Lipinski definition) is 0. The first kappa shape index (κ1) is 8.04. The summed E-state index contributed by atoms with van der Waals surface area (Å²) in [6.45, 7) is 1.72. The molecule has 5 heteroatoms. The molecule has 0 saturated carbocycles. The molecule has 0 fully saturated rings. The summed E-state index contributed by atoms with van der Waals surface area (Å²) in [6.07, 6.45) is 0. The van der Waals surface area contributed by atoms with Gasteiger partial charge < -0.3 is 0 Å². The van der Waals surface area contributed by atoms with Crippen molar-refractivity contribution >= 4 is 31.1 Å². The molecule has 1 heterocycles. The molecule has 0 aromatic carbocycles. The van der Waals surface area contributed by atoms with Gasteiger partial charge in [0.05, 0.1) is 4.90 Å². The molecule has 0 radical (unpaired) electrons. The van der Waals surface area contributed by atoms with E-state index < -0.39 is 9.05 Å². The molecule has 0 bridgehead atoms. The molecule has 1 rings (SSSR count). The summed E-state index contributed by atoms with van der Waals surface area (Å²) in [6, 6.07) is 1.50. The number of rotatable bonds is 1. The summed E-state index contributed by atoms with van der Waals surface area (Å²) >= 11 is 1.37. The minimum Gasteiger partial charge on any atom is -0.207 e. The molecule has 0 unspecified atom stereocenters. The van der Waals surface area contributed by atoms with Gasteiger partial charge in [-0.1, -0.05) is 0 Å². The Bertz CT molecular complexity index is 325. The Kier molecular flexibility index (Phi) is 2.03. The van der Waals surface area contributed by atoms with Crippen molar-refractivity contribution in [2.24, 2.45) is 0 Å². The highest BCUT2D eigenvalue weighted by Gasteiger charge is 2.12. The molecule has 56 valence electrons. The molecular weight excluding hydrogens is 192 g/mol. The predicted octanol–water partition coefficient (Wildman–Crippen LogP) is 1.98. The fraction of sp³-hybridized carbons (Fsp3) is 0.200. The van der Waals surface area contributed by atoms with E-state index in [1.54, 1.807) is 12.3 Å². The Morgan fingerprint density at radius 2 is 2.20 bits per heavy atom. The van der Waals surface area contributed by atoms with Crippen LogP contribution in [0.4, 0.5) is 0 Å². The van der Waals surface area contributed by atoms with E-state index in [2.05, 4.69) is 0 Å². The van der Waals surface area contributed by atoms with E-state index >= 15 is 0 Å². The number of thiophene rings is 1. The lowest BCUT2D eigenvalue weighted by molar-refractivity contribution is 0.609. The van der Waals surface area contributed by atoms with Crippen molar-refractivity contribution in [2.45, 2.75) is 11.8 Å². The van der Waals surface area contributed by atoms with Crippen LogP contribution in [0.5, 0.6) is 0 Å². The fourth-order valence-electron chi connectivity index (χ4n) is 0.626. The molecule has 2 nitrogen and oxygen atoms in total. The third kappa shape index (κ3) is 1.51. The van der Waals surface area contributed by atoms with E-state index in [-0.39, 0.29) is 4.90 Å².